The predicted octanol–water partition coefficient (Wildman–Crippen LogP) is 1.67. The van der Waals surface area contributed by atoms with Gasteiger partial charge in [-0.25, -0.2) is 0 Å². The summed E-state index contributed by atoms with van der Waals surface area (Å²) in [5, 5.41) is 14.4. The highest BCUT2D eigenvalue weighted by molar-refractivity contribution is 5.12. The van der Waals surface area contributed by atoms with Gasteiger partial charge >= 0.3 is 0 Å². The van der Waals surface area contributed by atoms with Crippen LogP contribution in [-0.4, -0.2) is 14.9 Å². The van der Waals surface area contributed by atoms with Crippen molar-refractivity contribution in [1.82, 2.24) is 9.78 Å². The lowest BCUT2D eigenvalue weighted by atomic mass is 9.85. The first kappa shape index (κ1) is 10.3. The van der Waals surface area contributed by atoms with Crippen molar-refractivity contribution >= 4 is 0 Å². The van der Waals surface area contributed by atoms with Crippen molar-refractivity contribution in [2.45, 2.75) is 32.8 Å². The molecule has 1 N–H and O–H groups in total. The number of rotatable bonds is 3. The third-order valence-corrected chi connectivity index (χ3v) is 2.76. The molecule has 0 amide bonds. The minimum Gasteiger partial charge on any atom is -0.383 e. The van der Waals surface area contributed by atoms with Gasteiger partial charge in [0.15, 0.2) is 0 Å². The van der Waals surface area contributed by atoms with E-state index in [1.165, 1.54) is 0 Å². The van der Waals surface area contributed by atoms with Crippen molar-refractivity contribution in [3.63, 3.8) is 0 Å². The topological polar surface area (TPSA) is 38.1 Å². The van der Waals surface area contributed by atoms with Gasteiger partial charge < -0.3 is 5.11 Å². The molecule has 0 aliphatic rings. The number of aromatic nitrogens is 2. The first-order valence-corrected chi connectivity index (χ1v) is 4.73. The molecule has 1 heterocycles. The maximum Gasteiger partial charge on any atom is 0.108 e. The summed E-state index contributed by atoms with van der Waals surface area (Å²) in [5.41, 5.74) is 0.149. The third-order valence-electron chi connectivity index (χ3n) is 2.76. The van der Waals surface area contributed by atoms with Gasteiger partial charge in [0.1, 0.15) is 5.60 Å². The van der Waals surface area contributed by atoms with Gasteiger partial charge in [0.2, 0.25) is 0 Å². The molecule has 0 aliphatic heterocycles. The Morgan fingerprint density at radius 2 is 2.23 bits per heavy atom. The first-order chi connectivity index (χ1) is 6.02. The highest BCUT2D eigenvalue weighted by Gasteiger charge is 2.33. The van der Waals surface area contributed by atoms with Gasteiger partial charge in [-0.05, 0) is 18.4 Å². The molecule has 13 heavy (non-hydrogen) atoms. The van der Waals surface area contributed by atoms with Crippen molar-refractivity contribution in [3.05, 3.63) is 18.0 Å². The van der Waals surface area contributed by atoms with E-state index in [4.69, 9.17) is 0 Å². The maximum absolute atomic E-state index is 10.4. The molecule has 1 atom stereocenters. The van der Waals surface area contributed by atoms with E-state index in [0.717, 1.165) is 5.69 Å². The second-order valence-corrected chi connectivity index (χ2v) is 3.77. The zero-order valence-corrected chi connectivity index (χ0v) is 8.78. The minimum atomic E-state index is -0.745. The maximum atomic E-state index is 10.4. The molecule has 3 nitrogen and oxygen atoms in total. The summed E-state index contributed by atoms with van der Waals surface area (Å²) in [5.74, 6) is 0.202. The molecule has 1 aromatic rings. The van der Waals surface area contributed by atoms with E-state index >= 15 is 0 Å². The van der Waals surface area contributed by atoms with E-state index in [2.05, 4.69) is 5.10 Å². The van der Waals surface area contributed by atoms with Crippen LogP contribution in [0.2, 0.25) is 0 Å². The van der Waals surface area contributed by atoms with Crippen LogP contribution in [-0.2, 0) is 12.6 Å². The quantitative estimate of drug-likeness (QED) is 0.772. The highest BCUT2D eigenvalue weighted by Crippen LogP contribution is 2.31. The molecule has 3 heteroatoms. The lowest BCUT2D eigenvalue weighted by Crippen LogP contribution is -2.33. The Labute approximate surface area is 79.4 Å². The number of hydrogen-bond donors (Lipinski definition) is 1. The van der Waals surface area contributed by atoms with Gasteiger partial charge in [-0.3, -0.25) is 4.68 Å². The van der Waals surface area contributed by atoms with Crippen LogP contribution in [0.15, 0.2) is 12.3 Å². The molecule has 0 bridgehead atoms. The standard InChI is InChI=1S/C10H18N2O/c1-5-10(13,8(2)3)9-6-7-11-12(9)4/h6-8,13H,5H2,1-4H3. The summed E-state index contributed by atoms with van der Waals surface area (Å²) in [6, 6.07) is 1.88. The van der Waals surface area contributed by atoms with Crippen LogP contribution >= 0.6 is 0 Å². The fourth-order valence-corrected chi connectivity index (χ4v) is 1.68. The average molecular weight is 182 g/mol. The van der Waals surface area contributed by atoms with Crippen molar-refractivity contribution in [2.24, 2.45) is 13.0 Å². The van der Waals surface area contributed by atoms with Crippen LogP contribution in [0.4, 0.5) is 0 Å². The first-order valence-electron chi connectivity index (χ1n) is 4.73. The lowest BCUT2D eigenvalue weighted by molar-refractivity contribution is -0.0213. The summed E-state index contributed by atoms with van der Waals surface area (Å²) in [4.78, 5) is 0. The number of aliphatic hydroxyl groups is 1. The van der Waals surface area contributed by atoms with Crippen LogP contribution in [0.5, 0.6) is 0 Å². The molecule has 0 aliphatic carbocycles. The van der Waals surface area contributed by atoms with Gasteiger partial charge in [-0.2, -0.15) is 5.10 Å². The number of nitrogens with zero attached hydrogens (tertiary/aromatic N) is 2. The molecule has 0 fully saturated rings. The Balaban J connectivity index is 3.10. The molecule has 74 valence electrons. The Morgan fingerprint density at radius 3 is 2.54 bits per heavy atom. The monoisotopic (exact) mass is 182 g/mol. The average Bonchev–Trinajstić information content (AvgIpc) is 2.50. The van der Waals surface area contributed by atoms with E-state index in [-0.39, 0.29) is 5.92 Å². The number of aryl methyl sites for hydroxylation is 1. The van der Waals surface area contributed by atoms with E-state index in [1.54, 1.807) is 10.9 Å². The smallest absolute Gasteiger partial charge is 0.108 e. The van der Waals surface area contributed by atoms with E-state index in [9.17, 15) is 5.11 Å². The van der Waals surface area contributed by atoms with Crippen LogP contribution in [0.1, 0.15) is 32.9 Å². The second kappa shape index (κ2) is 3.50. The van der Waals surface area contributed by atoms with Gasteiger partial charge in [0.25, 0.3) is 0 Å². The largest absolute Gasteiger partial charge is 0.383 e. The highest BCUT2D eigenvalue weighted by atomic mass is 16.3. The molecule has 0 radical (unpaired) electrons. The summed E-state index contributed by atoms with van der Waals surface area (Å²) in [6.45, 7) is 6.04. The second-order valence-electron chi connectivity index (χ2n) is 3.77. The van der Waals surface area contributed by atoms with Crippen molar-refractivity contribution in [3.8, 4) is 0 Å². The normalized spacial score (nSPS) is 16.2. The Kier molecular flexibility index (Phi) is 2.76. The molecule has 0 saturated carbocycles. The van der Waals surface area contributed by atoms with Gasteiger partial charge in [0, 0.05) is 13.2 Å². The fraction of sp³-hybridized carbons (Fsp3) is 0.700. The van der Waals surface area contributed by atoms with Crippen LogP contribution < -0.4 is 0 Å². The molecule has 0 saturated heterocycles. The van der Waals surface area contributed by atoms with Crippen molar-refractivity contribution in [1.29, 1.82) is 0 Å². The zero-order chi connectivity index (χ0) is 10.1. The Bertz CT molecular complexity index is 280. The molecule has 1 aromatic heterocycles. The summed E-state index contributed by atoms with van der Waals surface area (Å²) >= 11 is 0. The third kappa shape index (κ3) is 1.61. The molecule has 1 rings (SSSR count). The van der Waals surface area contributed by atoms with Crippen molar-refractivity contribution in [2.75, 3.05) is 0 Å². The Hall–Kier alpha value is -0.830. The van der Waals surface area contributed by atoms with Gasteiger partial charge in [-0.15, -0.1) is 0 Å². The van der Waals surface area contributed by atoms with Crippen molar-refractivity contribution < 1.29 is 5.11 Å². The molecular weight excluding hydrogens is 164 g/mol. The summed E-state index contributed by atoms with van der Waals surface area (Å²) < 4.78 is 1.74. The zero-order valence-electron chi connectivity index (χ0n) is 8.78. The van der Waals surface area contributed by atoms with Gasteiger partial charge in [-0.1, -0.05) is 20.8 Å². The molecule has 0 spiro atoms. The molecular formula is C10H18N2O. The molecule has 0 aromatic carbocycles. The van der Waals surface area contributed by atoms with Crippen LogP contribution in [0.3, 0.4) is 0 Å². The SMILES string of the molecule is CCC(O)(c1ccnn1C)C(C)C. The van der Waals surface area contributed by atoms with E-state index in [0.29, 0.717) is 6.42 Å². The van der Waals surface area contributed by atoms with E-state index < -0.39 is 5.60 Å². The molecule has 1 unspecified atom stereocenters. The van der Waals surface area contributed by atoms with Crippen LogP contribution in [0, 0.1) is 5.92 Å². The van der Waals surface area contributed by atoms with Gasteiger partial charge in [0.05, 0.1) is 5.69 Å². The fourth-order valence-electron chi connectivity index (χ4n) is 1.68. The summed E-state index contributed by atoms with van der Waals surface area (Å²) in [7, 11) is 1.86. The lowest BCUT2D eigenvalue weighted by Gasteiger charge is -2.31. The van der Waals surface area contributed by atoms with E-state index in [1.807, 2.05) is 33.9 Å². The predicted molar refractivity (Wildman–Crippen MR) is 52.2 cm³/mol. The Morgan fingerprint density at radius 1 is 1.62 bits per heavy atom. The minimum absolute atomic E-state index is 0.202. The number of hydrogen-bond acceptors (Lipinski definition) is 2. The van der Waals surface area contributed by atoms with Crippen LogP contribution in [0.25, 0.3) is 0 Å². The summed E-state index contributed by atoms with van der Waals surface area (Å²) in [6.07, 6.45) is 2.43.